The number of likely N-dealkylation sites (N-methyl/N-ethyl adjacent to an activating group) is 1. The van der Waals surface area contributed by atoms with Gasteiger partial charge in [-0.3, -0.25) is 4.79 Å². The summed E-state index contributed by atoms with van der Waals surface area (Å²) < 4.78 is 6.05. The molecule has 0 N–H and O–H groups in total. The van der Waals surface area contributed by atoms with Crippen molar-refractivity contribution in [3.05, 3.63) is 47.3 Å². The molecule has 0 bridgehead atoms. The standard InChI is InChI=1S/C27H38N4O2/c1-5-20-17-28-27(29-18-20)31-11-8-21(9-12-31)25-15-23(25)10-13-33-24-7-6-22(19(2)14-24)16-26(32)30(3)4/h6-7,14,17-18,21,23,25H,5,8-13,15-16H2,1-4H3/t23-,25-/m1/s1. The lowest BCUT2D eigenvalue weighted by molar-refractivity contribution is -0.127. The molecule has 2 atom stereocenters. The maximum absolute atomic E-state index is 12.0. The first-order valence-corrected chi connectivity index (χ1v) is 12.4. The molecule has 4 rings (SSSR count). The fourth-order valence-electron chi connectivity index (χ4n) is 5.01. The Morgan fingerprint density at radius 1 is 1.18 bits per heavy atom. The molecule has 0 radical (unpaired) electrons. The molecule has 1 amide bonds. The number of rotatable bonds is 9. The number of ether oxygens (including phenoxy) is 1. The van der Waals surface area contributed by atoms with E-state index in [-0.39, 0.29) is 5.91 Å². The highest BCUT2D eigenvalue weighted by atomic mass is 16.5. The molecular formula is C27H38N4O2. The second-order valence-corrected chi connectivity index (χ2v) is 9.92. The Morgan fingerprint density at radius 3 is 2.55 bits per heavy atom. The van der Waals surface area contributed by atoms with Crippen LogP contribution in [0.25, 0.3) is 0 Å². The smallest absolute Gasteiger partial charge is 0.226 e. The number of anilines is 1. The van der Waals surface area contributed by atoms with E-state index in [1.54, 1.807) is 19.0 Å². The summed E-state index contributed by atoms with van der Waals surface area (Å²) in [6, 6.07) is 6.09. The van der Waals surface area contributed by atoms with Crippen molar-refractivity contribution in [3.63, 3.8) is 0 Å². The summed E-state index contributed by atoms with van der Waals surface area (Å²) in [7, 11) is 3.59. The molecule has 6 nitrogen and oxygen atoms in total. The molecule has 2 fully saturated rings. The van der Waals surface area contributed by atoms with E-state index in [1.807, 2.05) is 24.5 Å². The predicted molar refractivity (Wildman–Crippen MR) is 132 cm³/mol. The zero-order valence-electron chi connectivity index (χ0n) is 20.6. The Balaban J connectivity index is 1.17. The largest absolute Gasteiger partial charge is 0.494 e. The predicted octanol–water partition coefficient (Wildman–Crippen LogP) is 4.30. The van der Waals surface area contributed by atoms with Gasteiger partial charge >= 0.3 is 0 Å². The normalized spacial score (nSPS) is 20.5. The highest BCUT2D eigenvalue weighted by Crippen LogP contribution is 2.49. The van der Waals surface area contributed by atoms with E-state index in [2.05, 4.69) is 34.8 Å². The van der Waals surface area contributed by atoms with Crippen molar-refractivity contribution < 1.29 is 9.53 Å². The zero-order chi connectivity index (χ0) is 23.4. The SMILES string of the molecule is CCc1cnc(N2CCC([C@H]3C[C@H]3CCOc3ccc(CC(=O)N(C)C)c(C)c3)CC2)nc1. The van der Waals surface area contributed by atoms with Gasteiger partial charge in [-0.1, -0.05) is 13.0 Å². The number of hydrogen-bond donors (Lipinski definition) is 0. The van der Waals surface area contributed by atoms with Crippen LogP contribution in [0.4, 0.5) is 5.95 Å². The Morgan fingerprint density at radius 2 is 1.91 bits per heavy atom. The van der Waals surface area contributed by atoms with E-state index in [0.29, 0.717) is 6.42 Å². The molecule has 1 aromatic heterocycles. The maximum atomic E-state index is 12.0. The summed E-state index contributed by atoms with van der Waals surface area (Å²) in [6.45, 7) is 7.09. The van der Waals surface area contributed by atoms with Gasteiger partial charge in [-0.05, 0) is 85.6 Å². The van der Waals surface area contributed by atoms with Crippen LogP contribution in [0.5, 0.6) is 5.75 Å². The minimum absolute atomic E-state index is 0.124. The molecule has 6 heteroatoms. The average molecular weight is 451 g/mol. The van der Waals surface area contributed by atoms with Crippen LogP contribution in [0.15, 0.2) is 30.6 Å². The summed E-state index contributed by atoms with van der Waals surface area (Å²) in [5.74, 6) is 4.42. The Kier molecular flexibility index (Phi) is 7.51. The van der Waals surface area contributed by atoms with Crippen LogP contribution in [0, 0.1) is 24.7 Å². The number of aromatic nitrogens is 2. The van der Waals surface area contributed by atoms with E-state index in [0.717, 1.165) is 73.1 Å². The van der Waals surface area contributed by atoms with Gasteiger partial charge in [0.15, 0.2) is 0 Å². The minimum atomic E-state index is 0.124. The molecule has 1 saturated heterocycles. The van der Waals surface area contributed by atoms with E-state index in [1.165, 1.54) is 24.8 Å². The molecule has 2 heterocycles. The third-order valence-corrected chi connectivity index (χ3v) is 7.42. The molecule has 2 aliphatic rings. The quantitative estimate of drug-likeness (QED) is 0.570. The summed E-state index contributed by atoms with van der Waals surface area (Å²) in [5.41, 5.74) is 3.38. The third kappa shape index (κ3) is 6.04. The molecular weight excluding hydrogens is 412 g/mol. The van der Waals surface area contributed by atoms with Gasteiger partial charge in [0.2, 0.25) is 11.9 Å². The van der Waals surface area contributed by atoms with Crippen molar-refractivity contribution in [2.75, 3.05) is 38.7 Å². The van der Waals surface area contributed by atoms with Crippen molar-refractivity contribution in [3.8, 4) is 5.75 Å². The first-order valence-electron chi connectivity index (χ1n) is 12.4. The number of aryl methyl sites for hydroxylation is 2. The second kappa shape index (κ2) is 10.5. The first-order chi connectivity index (χ1) is 15.9. The number of amides is 1. The molecule has 178 valence electrons. The van der Waals surface area contributed by atoms with Crippen LogP contribution < -0.4 is 9.64 Å². The number of piperidine rings is 1. The fraction of sp³-hybridized carbons (Fsp3) is 0.593. The van der Waals surface area contributed by atoms with Gasteiger partial charge in [-0.2, -0.15) is 0 Å². The van der Waals surface area contributed by atoms with Crippen molar-refractivity contribution >= 4 is 11.9 Å². The van der Waals surface area contributed by atoms with Crippen LogP contribution in [-0.4, -0.2) is 54.6 Å². The molecule has 1 aliphatic carbocycles. The molecule has 1 aromatic carbocycles. The van der Waals surface area contributed by atoms with Gasteiger partial charge < -0.3 is 14.5 Å². The summed E-state index contributed by atoms with van der Waals surface area (Å²) >= 11 is 0. The lowest BCUT2D eigenvalue weighted by atomic mass is 9.90. The number of carbonyl (C=O) groups excluding carboxylic acids is 1. The number of hydrogen-bond acceptors (Lipinski definition) is 5. The number of nitrogens with zero attached hydrogens (tertiary/aromatic N) is 4. The van der Waals surface area contributed by atoms with Crippen molar-refractivity contribution in [2.45, 2.75) is 52.4 Å². The monoisotopic (exact) mass is 450 g/mol. The molecule has 1 saturated carbocycles. The van der Waals surface area contributed by atoms with Gasteiger partial charge in [0.05, 0.1) is 13.0 Å². The number of carbonyl (C=O) groups is 1. The van der Waals surface area contributed by atoms with Gasteiger partial charge in [0, 0.05) is 39.6 Å². The van der Waals surface area contributed by atoms with Crippen LogP contribution in [0.2, 0.25) is 0 Å². The van der Waals surface area contributed by atoms with Crippen LogP contribution in [0.1, 0.15) is 49.3 Å². The second-order valence-electron chi connectivity index (χ2n) is 9.92. The van der Waals surface area contributed by atoms with Crippen LogP contribution in [0.3, 0.4) is 0 Å². The van der Waals surface area contributed by atoms with Crippen LogP contribution >= 0.6 is 0 Å². The first kappa shape index (κ1) is 23.5. The van der Waals surface area contributed by atoms with Crippen molar-refractivity contribution in [2.24, 2.45) is 17.8 Å². The van der Waals surface area contributed by atoms with E-state index in [4.69, 9.17) is 4.74 Å². The van der Waals surface area contributed by atoms with Crippen LogP contribution in [-0.2, 0) is 17.6 Å². The van der Waals surface area contributed by atoms with Gasteiger partial charge in [0.1, 0.15) is 5.75 Å². The Labute approximate surface area is 198 Å². The number of benzene rings is 1. The highest BCUT2D eigenvalue weighted by molar-refractivity contribution is 5.78. The van der Waals surface area contributed by atoms with E-state index in [9.17, 15) is 4.79 Å². The Bertz CT molecular complexity index is 936. The van der Waals surface area contributed by atoms with E-state index >= 15 is 0 Å². The minimum Gasteiger partial charge on any atom is -0.494 e. The van der Waals surface area contributed by atoms with Gasteiger partial charge in [0.25, 0.3) is 0 Å². The third-order valence-electron chi connectivity index (χ3n) is 7.42. The van der Waals surface area contributed by atoms with Crippen molar-refractivity contribution in [1.82, 2.24) is 14.9 Å². The highest BCUT2D eigenvalue weighted by Gasteiger charge is 2.43. The molecule has 0 unspecified atom stereocenters. The summed E-state index contributed by atoms with van der Waals surface area (Å²) in [6.07, 6.45) is 10.3. The topological polar surface area (TPSA) is 58.6 Å². The van der Waals surface area contributed by atoms with Gasteiger partial charge in [-0.15, -0.1) is 0 Å². The molecule has 0 spiro atoms. The van der Waals surface area contributed by atoms with Gasteiger partial charge in [-0.25, -0.2) is 9.97 Å². The average Bonchev–Trinajstić information content (AvgIpc) is 3.60. The summed E-state index contributed by atoms with van der Waals surface area (Å²) in [5, 5.41) is 0. The summed E-state index contributed by atoms with van der Waals surface area (Å²) in [4.78, 5) is 25.1. The van der Waals surface area contributed by atoms with Crippen molar-refractivity contribution in [1.29, 1.82) is 0 Å². The molecule has 2 aromatic rings. The lowest BCUT2D eigenvalue weighted by Crippen LogP contribution is -2.35. The molecule has 33 heavy (non-hydrogen) atoms. The zero-order valence-corrected chi connectivity index (χ0v) is 20.6. The fourth-order valence-corrected chi connectivity index (χ4v) is 5.01. The van der Waals surface area contributed by atoms with E-state index < -0.39 is 0 Å². The Hall–Kier alpha value is -2.63. The maximum Gasteiger partial charge on any atom is 0.226 e. The lowest BCUT2D eigenvalue weighted by Gasteiger charge is -2.32. The molecule has 1 aliphatic heterocycles.